The molecule has 2 aliphatic heterocycles. The van der Waals surface area contributed by atoms with Gasteiger partial charge in [0.25, 0.3) is 5.91 Å². The topological polar surface area (TPSA) is 64.8 Å². The van der Waals surface area contributed by atoms with E-state index in [2.05, 4.69) is 4.90 Å². The van der Waals surface area contributed by atoms with Crippen LogP contribution in [0.3, 0.4) is 0 Å². The second kappa shape index (κ2) is 6.28. The number of hydrogen-bond donors (Lipinski definition) is 1. The van der Waals surface area contributed by atoms with Crippen LogP contribution in [-0.2, 0) is 11.2 Å². The molecule has 24 heavy (non-hydrogen) atoms. The number of amides is 1. The predicted octanol–water partition coefficient (Wildman–Crippen LogP) is 2.26. The van der Waals surface area contributed by atoms with Gasteiger partial charge in [0, 0.05) is 19.1 Å². The van der Waals surface area contributed by atoms with E-state index in [1.165, 1.54) is 37.9 Å². The smallest absolute Gasteiger partial charge is 0.255 e. The van der Waals surface area contributed by atoms with Gasteiger partial charge in [-0.2, -0.15) is 0 Å². The molecule has 1 saturated heterocycles. The maximum atomic E-state index is 10.8. The third-order valence-electron chi connectivity index (χ3n) is 5.89. The van der Waals surface area contributed by atoms with Crippen LogP contribution in [0.5, 0.6) is 11.5 Å². The highest BCUT2D eigenvalue weighted by molar-refractivity contribution is 5.75. The number of nitrogens with zero attached hydrogens (tertiary/aromatic N) is 1. The summed E-state index contributed by atoms with van der Waals surface area (Å²) in [6.07, 6.45) is 8.49. The van der Waals surface area contributed by atoms with E-state index in [-0.39, 0.29) is 12.2 Å². The molecule has 1 saturated carbocycles. The van der Waals surface area contributed by atoms with Gasteiger partial charge < -0.3 is 20.1 Å². The number of fused-ring (bicyclic) bond motifs is 1. The van der Waals surface area contributed by atoms with Crippen LogP contribution in [0.1, 0.15) is 44.1 Å². The third-order valence-corrected chi connectivity index (χ3v) is 5.89. The van der Waals surface area contributed by atoms with E-state index in [1.807, 2.05) is 18.2 Å². The van der Waals surface area contributed by atoms with E-state index in [1.54, 1.807) is 0 Å². The molecule has 1 spiro atoms. The van der Waals surface area contributed by atoms with E-state index in [0.29, 0.717) is 5.75 Å². The van der Waals surface area contributed by atoms with Crippen molar-refractivity contribution in [3.63, 3.8) is 0 Å². The minimum atomic E-state index is -0.457. The van der Waals surface area contributed by atoms with Gasteiger partial charge in [-0.3, -0.25) is 4.79 Å². The minimum Gasteiger partial charge on any atom is -0.487 e. The monoisotopic (exact) mass is 330 g/mol. The summed E-state index contributed by atoms with van der Waals surface area (Å²) in [4.78, 5) is 13.5. The molecule has 2 heterocycles. The van der Waals surface area contributed by atoms with Gasteiger partial charge >= 0.3 is 0 Å². The Hall–Kier alpha value is -1.75. The van der Waals surface area contributed by atoms with Crippen LogP contribution in [-0.4, -0.2) is 42.1 Å². The first kappa shape index (κ1) is 15.8. The molecule has 0 bridgehead atoms. The molecule has 5 heteroatoms. The molecule has 130 valence electrons. The van der Waals surface area contributed by atoms with Crippen LogP contribution in [0.4, 0.5) is 0 Å². The second-order valence-electron chi connectivity index (χ2n) is 7.43. The van der Waals surface area contributed by atoms with Crippen molar-refractivity contribution in [2.24, 2.45) is 5.73 Å². The Morgan fingerprint density at radius 3 is 2.75 bits per heavy atom. The highest BCUT2D eigenvalue weighted by atomic mass is 16.5. The normalized spacial score (nSPS) is 23.2. The fraction of sp³-hybridized carbons (Fsp3) is 0.632. The average molecular weight is 330 g/mol. The number of benzene rings is 1. The Kier molecular flexibility index (Phi) is 4.12. The lowest BCUT2D eigenvalue weighted by Gasteiger charge is -2.48. The van der Waals surface area contributed by atoms with Gasteiger partial charge in [0.1, 0.15) is 17.1 Å². The van der Waals surface area contributed by atoms with Crippen LogP contribution in [0, 0.1) is 0 Å². The van der Waals surface area contributed by atoms with Crippen LogP contribution >= 0.6 is 0 Å². The zero-order chi connectivity index (χ0) is 16.6. The van der Waals surface area contributed by atoms with Crippen LogP contribution in [0.25, 0.3) is 0 Å². The van der Waals surface area contributed by atoms with Crippen LogP contribution in [0.2, 0.25) is 0 Å². The van der Waals surface area contributed by atoms with Crippen LogP contribution in [0.15, 0.2) is 18.2 Å². The summed E-state index contributed by atoms with van der Waals surface area (Å²) in [7, 11) is 0. The Morgan fingerprint density at radius 1 is 1.29 bits per heavy atom. The van der Waals surface area contributed by atoms with Crippen molar-refractivity contribution < 1.29 is 14.3 Å². The van der Waals surface area contributed by atoms with E-state index in [0.717, 1.165) is 37.5 Å². The second-order valence-corrected chi connectivity index (χ2v) is 7.43. The summed E-state index contributed by atoms with van der Waals surface area (Å²) in [5, 5.41) is 0. The minimum absolute atomic E-state index is 0.0167. The van der Waals surface area contributed by atoms with Crippen molar-refractivity contribution in [1.29, 1.82) is 0 Å². The maximum Gasteiger partial charge on any atom is 0.255 e. The fourth-order valence-corrected chi connectivity index (χ4v) is 4.14. The summed E-state index contributed by atoms with van der Waals surface area (Å²) in [5.41, 5.74) is 6.31. The van der Waals surface area contributed by atoms with Gasteiger partial charge in [-0.1, -0.05) is 6.42 Å². The van der Waals surface area contributed by atoms with E-state index in [9.17, 15) is 4.79 Å². The van der Waals surface area contributed by atoms with Gasteiger partial charge in [-0.05, 0) is 62.3 Å². The summed E-state index contributed by atoms with van der Waals surface area (Å²) < 4.78 is 11.8. The van der Waals surface area contributed by atoms with E-state index >= 15 is 0 Å². The first-order valence-corrected chi connectivity index (χ1v) is 9.11. The van der Waals surface area contributed by atoms with Crippen LogP contribution < -0.4 is 15.2 Å². The lowest BCUT2D eigenvalue weighted by molar-refractivity contribution is -0.119. The Balaban J connectivity index is 1.39. The van der Waals surface area contributed by atoms with E-state index < -0.39 is 5.91 Å². The number of rotatable bonds is 4. The van der Waals surface area contributed by atoms with Crippen molar-refractivity contribution in [1.82, 2.24) is 4.90 Å². The van der Waals surface area contributed by atoms with E-state index in [4.69, 9.17) is 15.2 Å². The molecule has 4 rings (SSSR count). The number of aryl methyl sites for hydroxylation is 1. The number of piperidine rings is 1. The maximum absolute atomic E-state index is 10.8. The number of likely N-dealkylation sites (tertiary alicyclic amines) is 1. The molecular weight excluding hydrogens is 304 g/mol. The summed E-state index contributed by atoms with van der Waals surface area (Å²) >= 11 is 0. The quantitative estimate of drug-likeness (QED) is 0.920. The number of nitrogens with two attached hydrogens (primary N) is 1. The van der Waals surface area contributed by atoms with Crippen molar-refractivity contribution in [2.75, 3.05) is 19.7 Å². The third kappa shape index (κ3) is 3.09. The molecule has 1 amide bonds. The zero-order valence-electron chi connectivity index (χ0n) is 14.1. The molecule has 1 aromatic rings. The first-order valence-electron chi connectivity index (χ1n) is 9.11. The number of carbonyl (C=O) groups is 1. The lowest BCUT2D eigenvalue weighted by Crippen LogP contribution is -2.53. The van der Waals surface area contributed by atoms with Gasteiger partial charge in [0.15, 0.2) is 6.61 Å². The standard InChI is InChI=1S/C19H26N2O3/c20-18(22)13-23-16-4-5-17-14(12-16)6-7-19(24-17)8-10-21(11-9-19)15-2-1-3-15/h4-5,12,15H,1-3,6-11,13H2,(H2,20,22). The number of hydrogen-bond acceptors (Lipinski definition) is 4. The molecule has 2 N–H and O–H groups in total. The number of primary amides is 1. The Labute approximate surface area is 143 Å². The van der Waals surface area contributed by atoms with Gasteiger partial charge in [-0.25, -0.2) is 0 Å². The molecule has 0 atom stereocenters. The highest BCUT2D eigenvalue weighted by Crippen LogP contribution is 2.41. The van der Waals surface area contributed by atoms with Crippen molar-refractivity contribution >= 4 is 5.91 Å². The summed E-state index contributed by atoms with van der Waals surface area (Å²) in [6, 6.07) is 6.66. The summed E-state index contributed by atoms with van der Waals surface area (Å²) in [6.45, 7) is 2.25. The number of carbonyl (C=O) groups excluding carboxylic acids is 1. The number of ether oxygens (including phenoxy) is 2. The molecular formula is C19H26N2O3. The van der Waals surface area contributed by atoms with Gasteiger partial charge in [0.2, 0.25) is 0 Å². The first-order chi connectivity index (χ1) is 11.6. The SMILES string of the molecule is NC(=O)COc1ccc2c(c1)CCC1(CCN(C3CCC3)CC1)O2. The Morgan fingerprint density at radius 2 is 2.08 bits per heavy atom. The lowest BCUT2D eigenvalue weighted by atomic mass is 9.81. The fourth-order valence-electron chi connectivity index (χ4n) is 4.14. The molecule has 0 radical (unpaired) electrons. The molecule has 1 aliphatic carbocycles. The zero-order valence-corrected chi connectivity index (χ0v) is 14.1. The highest BCUT2D eigenvalue weighted by Gasteiger charge is 2.41. The predicted molar refractivity (Wildman–Crippen MR) is 91.3 cm³/mol. The molecule has 2 fully saturated rings. The molecule has 0 unspecified atom stereocenters. The largest absolute Gasteiger partial charge is 0.487 e. The van der Waals surface area contributed by atoms with Crippen molar-refractivity contribution in [3.8, 4) is 11.5 Å². The Bertz CT molecular complexity index is 619. The molecule has 0 aromatic heterocycles. The molecule has 1 aromatic carbocycles. The van der Waals surface area contributed by atoms with Gasteiger partial charge in [0.05, 0.1) is 0 Å². The van der Waals surface area contributed by atoms with Crippen molar-refractivity contribution in [2.45, 2.75) is 56.6 Å². The molecule has 5 nitrogen and oxygen atoms in total. The van der Waals surface area contributed by atoms with Crippen molar-refractivity contribution in [3.05, 3.63) is 23.8 Å². The van der Waals surface area contributed by atoms with Gasteiger partial charge in [-0.15, -0.1) is 0 Å². The summed E-state index contributed by atoms with van der Waals surface area (Å²) in [5.74, 6) is 1.21. The molecule has 3 aliphatic rings. The average Bonchev–Trinajstić information content (AvgIpc) is 2.53.